The molecule has 98 valence electrons. The third kappa shape index (κ3) is 3.18. The highest BCUT2D eigenvalue weighted by molar-refractivity contribution is 9.11. The number of hydrogen-bond acceptors (Lipinski definition) is 6. The van der Waals surface area contributed by atoms with E-state index in [0.717, 1.165) is 0 Å². The highest BCUT2D eigenvalue weighted by atomic mass is 79.9. The number of hydrogen-bond donors (Lipinski definition) is 1. The second kappa shape index (κ2) is 5.49. The van der Waals surface area contributed by atoms with Gasteiger partial charge in [-0.2, -0.15) is 0 Å². The first-order valence-electron chi connectivity index (χ1n) is 4.86. The van der Waals surface area contributed by atoms with Gasteiger partial charge in [-0.25, -0.2) is 9.97 Å². The Labute approximate surface area is 124 Å². The number of anilines is 1. The molecule has 2 N–H and O–H groups in total. The van der Waals surface area contributed by atoms with Crippen molar-refractivity contribution in [2.75, 3.05) is 5.73 Å². The standard InChI is InChI=1S/C10H6Br2N4O3/c11-5-1-6(16(17)18)3-7(2-5)19-10-8(12)9(13)14-4-15-10/h1-4H,(H2,13,14,15). The van der Waals surface area contributed by atoms with Gasteiger partial charge in [0, 0.05) is 10.5 Å². The molecule has 0 amide bonds. The lowest BCUT2D eigenvalue weighted by molar-refractivity contribution is -0.385. The van der Waals surface area contributed by atoms with E-state index in [4.69, 9.17) is 10.5 Å². The summed E-state index contributed by atoms with van der Waals surface area (Å²) in [5, 5.41) is 10.8. The zero-order valence-corrected chi connectivity index (χ0v) is 12.4. The maximum Gasteiger partial charge on any atom is 0.274 e. The lowest BCUT2D eigenvalue weighted by atomic mass is 10.3. The summed E-state index contributed by atoms with van der Waals surface area (Å²) < 4.78 is 6.36. The van der Waals surface area contributed by atoms with Crippen molar-refractivity contribution >= 4 is 43.4 Å². The SMILES string of the molecule is Nc1ncnc(Oc2cc(Br)cc([N+](=O)[O-])c2)c1Br. The van der Waals surface area contributed by atoms with Gasteiger partial charge in [-0.05, 0) is 22.0 Å². The number of rotatable bonds is 3. The van der Waals surface area contributed by atoms with Gasteiger partial charge in [0.25, 0.3) is 5.69 Å². The second-order valence-electron chi connectivity index (χ2n) is 3.38. The van der Waals surface area contributed by atoms with Crippen molar-refractivity contribution in [3.8, 4) is 11.6 Å². The highest BCUT2D eigenvalue weighted by Gasteiger charge is 2.13. The fourth-order valence-electron chi connectivity index (χ4n) is 1.26. The number of non-ortho nitro benzene ring substituents is 1. The average Bonchev–Trinajstić information content (AvgIpc) is 2.34. The summed E-state index contributed by atoms with van der Waals surface area (Å²) in [6.45, 7) is 0. The first-order valence-corrected chi connectivity index (χ1v) is 6.45. The lowest BCUT2D eigenvalue weighted by Crippen LogP contribution is -1.97. The molecule has 19 heavy (non-hydrogen) atoms. The van der Waals surface area contributed by atoms with Crippen LogP contribution in [-0.2, 0) is 0 Å². The van der Waals surface area contributed by atoms with E-state index in [1.165, 1.54) is 18.5 Å². The molecule has 0 aliphatic carbocycles. The largest absolute Gasteiger partial charge is 0.437 e. The molecule has 0 saturated carbocycles. The van der Waals surface area contributed by atoms with E-state index < -0.39 is 4.92 Å². The Balaban J connectivity index is 2.38. The van der Waals surface area contributed by atoms with E-state index in [1.807, 2.05) is 0 Å². The van der Waals surface area contributed by atoms with E-state index in [0.29, 0.717) is 8.95 Å². The lowest BCUT2D eigenvalue weighted by Gasteiger charge is -2.07. The summed E-state index contributed by atoms with van der Waals surface area (Å²) in [4.78, 5) is 17.9. The fourth-order valence-corrected chi connectivity index (χ4v) is 2.01. The van der Waals surface area contributed by atoms with Crippen LogP contribution in [0.1, 0.15) is 0 Å². The van der Waals surface area contributed by atoms with Gasteiger partial charge >= 0.3 is 0 Å². The Morgan fingerprint density at radius 3 is 2.68 bits per heavy atom. The van der Waals surface area contributed by atoms with Crippen LogP contribution in [-0.4, -0.2) is 14.9 Å². The first-order chi connectivity index (χ1) is 8.97. The maximum absolute atomic E-state index is 10.8. The Kier molecular flexibility index (Phi) is 3.96. The zero-order chi connectivity index (χ0) is 14.0. The highest BCUT2D eigenvalue weighted by Crippen LogP contribution is 2.33. The van der Waals surface area contributed by atoms with Gasteiger partial charge in [-0.1, -0.05) is 15.9 Å². The van der Waals surface area contributed by atoms with Crippen molar-refractivity contribution in [3.63, 3.8) is 0 Å². The molecule has 9 heteroatoms. The Hall–Kier alpha value is -1.74. The molecule has 0 aliphatic rings. The number of nitrogens with two attached hydrogens (primary N) is 1. The average molecular weight is 390 g/mol. The van der Waals surface area contributed by atoms with Crippen LogP contribution in [0.5, 0.6) is 11.6 Å². The molecule has 2 aromatic rings. The molecule has 2 rings (SSSR count). The molecular formula is C10H6Br2N4O3. The summed E-state index contributed by atoms with van der Waals surface area (Å²) in [6, 6.07) is 4.24. The molecule has 0 aliphatic heterocycles. The predicted octanol–water partition coefficient (Wildman–Crippen LogP) is 3.28. The summed E-state index contributed by atoms with van der Waals surface area (Å²) >= 11 is 6.36. The molecule has 0 radical (unpaired) electrons. The number of benzene rings is 1. The number of nitrogen functional groups attached to an aromatic ring is 1. The van der Waals surface area contributed by atoms with Gasteiger partial charge in [0.05, 0.1) is 11.0 Å². The van der Waals surface area contributed by atoms with Crippen molar-refractivity contribution in [1.29, 1.82) is 0 Å². The third-order valence-electron chi connectivity index (χ3n) is 2.07. The fraction of sp³-hybridized carbons (Fsp3) is 0. The topological polar surface area (TPSA) is 104 Å². The number of nitro benzene ring substituents is 1. The maximum atomic E-state index is 10.8. The van der Waals surface area contributed by atoms with Crippen molar-refractivity contribution in [2.24, 2.45) is 0 Å². The van der Waals surface area contributed by atoms with Crippen LogP contribution in [0.3, 0.4) is 0 Å². The van der Waals surface area contributed by atoms with Crippen LogP contribution in [0, 0.1) is 10.1 Å². The van der Waals surface area contributed by atoms with Crippen LogP contribution in [0.25, 0.3) is 0 Å². The van der Waals surface area contributed by atoms with Gasteiger partial charge in [-0.15, -0.1) is 0 Å². The Morgan fingerprint density at radius 2 is 2.00 bits per heavy atom. The van der Waals surface area contributed by atoms with Crippen LogP contribution in [0.2, 0.25) is 0 Å². The minimum absolute atomic E-state index is 0.0949. The quantitative estimate of drug-likeness (QED) is 0.637. The van der Waals surface area contributed by atoms with Crippen LogP contribution in [0.15, 0.2) is 33.5 Å². The first kappa shape index (κ1) is 13.7. The number of aromatic nitrogens is 2. The van der Waals surface area contributed by atoms with E-state index in [2.05, 4.69) is 41.8 Å². The molecule has 0 spiro atoms. The normalized spacial score (nSPS) is 10.2. The van der Waals surface area contributed by atoms with Crippen molar-refractivity contribution < 1.29 is 9.66 Å². The predicted molar refractivity (Wildman–Crippen MR) is 75.0 cm³/mol. The summed E-state index contributed by atoms with van der Waals surface area (Å²) in [5.74, 6) is 0.661. The van der Waals surface area contributed by atoms with Crippen LogP contribution < -0.4 is 10.5 Å². The number of halogens is 2. The molecule has 0 saturated heterocycles. The minimum Gasteiger partial charge on any atom is -0.437 e. The molecule has 0 unspecified atom stereocenters. The smallest absolute Gasteiger partial charge is 0.274 e. The summed E-state index contributed by atoms with van der Waals surface area (Å²) in [6.07, 6.45) is 1.24. The second-order valence-corrected chi connectivity index (χ2v) is 5.09. The van der Waals surface area contributed by atoms with E-state index in [1.54, 1.807) is 6.07 Å². The molecule has 1 aromatic carbocycles. The molecule has 0 atom stereocenters. The molecule has 1 heterocycles. The van der Waals surface area contributed by atoms with E-state index >= 15 is 0 Å². The zero-order valence-electron chi connectivity index (χ0n) is 9.21. The Bertz CT molecular complexity index is 651. The monoisotopic (exact) mass is 388 g/mol. The van der Waals surface area contributed by atoms with Crippen molar-refractivity contribution in [2.45, 2.75) is 0 Å². The van der Waals surface area contributed by atoms with Gasteiger partial charge in [0.15, 0.2) is 0 Å². The summed E-state index contributed by atoms with van der Waals surface area (Å²) in [5.41, 5.74) is 5.49. The van der Waals surface area contributed by atoms with Gasteiger partial charge < -0.3 is 10.5 Å². The Morgan fingerprint density at radius 1 is 1.26 bits per heavy atom. The third-order valence-corrected chi connectivity index (χ3v) is 3.27. The molecule has 0 fully saturated rings. The molecular weight excluding hydrogens is 384 g/mol. The minimum atomic E-state index is -0.513. The summed E-state index contributed by atoms with van der Waals surface area (Å²) in [7, 11) is 0. The number of nitro groups is 1. The van der Waals surface area contributed by atoms with E-state index in [9.17, 15) is 10.1 Å². The number of ether oxygens (including phenoxy) is 1. The van der Waals surface area contributed by atoms with E-state index in [-0.39, 0.29) is 23.1 Å². The van der Waals surface area contributed by atoms with Gasteiger partial charge in [-0.3, -0.25) is 10.1 Å². The van der Waals surface area contributed by atoms with Crippen LogP contribution in [0.4, 0.5) is 11.5 Å². The van der Waals surface area contributed by atoms with Crippen LogP contribution >= 0.6 is 31.9 Å². The van der Waals surface area contributed by atoms with Gasteiger partial charge in [0.1, 0.15) is 22.4 Å². The molecule has 7 nitrogen and oxygen atoms in total. The van der Waals surface area contributed by atoms with Crippen molar-refractivity contribution in [3.05, 3.63) is 43.6 Å². The molecule has 1 aromatic heterocycles. The molecule has 0 bridgehead atoms. The number of nitrogens with zero attached hydrogens (tertiary/aromatic N) is 3. The van der Waals surface area contributed by atoms with Crippen molar-refractivity contribution in [1.82, 2.24) is 9.97 Å². The van der Waals surface area contributed by atoms with Gasteiger partial charge in [0.2, 0.25) is 5.88 Å².